The SMILES string of the molecule is COc1ccc([N+](=O)[O-])cc1N1C(=O)C2C(C1=O)C(C(=O)c1cccc([N+](=O)[O-])c1)N1C=CC(C#N)=CC21. The van der Waals surface area contributed by atoms with Crippen molar-refractivity contribution >= 4 is 34.7 Å². The molecule has 2 saturated heterocycles. The van der Waals surface area contributed by atoms with E-state index in [1.807, 2.05) is 6.07 Å². The number of methoxy groups -OCH3 is 1. The number of nitriles is 1. The number of hydrogen-bond donors (Lipinski definition) is 0. The molecule has 0 aliphatic carbocycles. The van der Waals surface area contributed by atoms with E-state index < -0.39 is 51.4 Å². The molecule has 0 aromatic heterocycles. The highest BCUT2D eigenvalue weighted by atomic mass is 16.6. The van der Waals surface area contributed by atoms with Crippen molar-refractivity contribution in [3.8, 4) is 11.8 Å². The van der Waals surface area contributed by atoms with Crippen molar-refractivity contribution in [2.24, 2.45) is 11.8 Å². The number of carbonyl (C=O) groups excluding carboxylic acids is 3. The first-order valence-electron chi connectivity index (χ1n) is 11.2. The highest BCUT2D eigenvalue weighted by Gasteiger charge is 2.64. The molecule has 5 rings (SSSR count). The second-order valence-corrected chi connectivity index (χ2v) is 8.78. The number of nitrogens with zero attached hydrogens (tertiary/aromatic N) is 5. The number of carbonyl (C=O) groups is 3. The molecular formula is C25H17N5O8. The minimum atomic E-state index is -1.23. The van der Waals surface area contributed by atoms with E-state index in [-0.39, 0.29) is 33.9 Å². The summed E-state index contributed by atoms with van der Waals surface area (Å²) in [5, 5.41) is 32.1. The maximum absolute atomic E-state index is 13.8. The molecular weight excluding hydrogens is 498 g/mol. The van der Waals surface area contributed by atoms with Gasteiger partial charge in [0.15, 0.2) is 5.78 Å². The van der Waals surface area contributed by atoms with Gasteiger partial charge in [0.2, 0.25) is 11.8 Å². The Bertz CT molecular complexity index is 1540. The number of Topliss-reactive ketones (excluding diaryl/α,β-unsaturated/α-hetero) is 1. The normalized spacial score (nSPS) is 23.4. The van der Waals surface area contributed by atoms with E-state index in [4.69, 9.17) is 4.74 Å². The Balaban J connectivity index is 1.64. The molecule has 3 heterocycles. The van der Waals surface area contributed by atoms with Crippen LogP contribution in [0.15, 0.2) is 66.4 Å². The van der Waals surface area contributed by atoms with Gasteiger partial charge in [-0.25, -0.2) is 4.90 Å². The number of non-ortho nitro benzene ring substituents is 2. The molecule has 0 N–H and O–H groups in total. The molecule has 0 radical (unpaired) electrons. The fourth-order valence-corrected chi connectivity index (χ4v) is 5.27. The van der Waals surface area contributed by atoms with E-state index in [0.717, 1.165) is 17.0 Å². The van der Waals surface area contributed by atoms with Gasteiger partial charge in [0, 0.05) is 36.0 Å². The molecule has 13 nitrogen and oxygen atoms in total. The lowest BCUT2D eigenvalue weighted by atomic mass is 9.86. The van der Waals surface area contributed by atoms with Gasteiger partial charge in [0.1, 0.15) is 17.5 Å². The third-order valence-electron chi connectivity index (χ3n) is 6.90. The first-order chi connectivity index (χ1) is 18.2. The molecule has 38 heavy (non-hydrogen) atoms. The zero-order chi connectivity index (χ0) is 27.3. The van der Waals surface area contributed by atoms with E-state index in [0.29, 0.717) is 0 Å². The Morgan fingerprint density at radius 2 is 1.71 bits per heavy atom. The minimum absolute atomic E-state index is 0.0290. The Labute approximate surface area is 214 Å². The van der Waals surface area contributed by atoms with Gasteiger partial charge in [-0.3, -0.25) is 34.6 Å². The number of benzene rings is 2. The molecule has 4 unspecified atom stereocenters. The van der Waals surface area contributed by atoms with E-state index in [1.54, 1.807) is 0 Å². The largest absolute Gasteiger partial charge is 0.495 e. The molecule has 0 spiro atoms. The molecule has 0 saturated carbocycles. The van der Waals surface area contributed by atoms with Gasteiger partial charge in [0.25, 0.3) is 11.4 Å². The van der Waals surface area contributed by atoms with Crippen molar-refractivity contribution in [1.29, 1.82) is 5.26 Å². The zero-order valence-electron chi connectivity index (χ0n) is 19.6. The van der Waals surface area contributed by atoms with Crippen LogP contribution in [0, 0.1) is 43.4 Å². The van der Waals surface area contributed by atoms with Crippen molar-refractivity contribution in [2.75, 3.05) is 12.0 Å². The number of amides is 2. The fraction of sp³-hybridized carbons (Fsp3) is 0.200. The minimum Gasteiger partial charge on any atom is -0.495 e. The lowest BCUT2D eigenvalue weighted by Gasteiger charge is -2.32. The number of fused-ring (bicyclic) bond motifs is 3. The quantitative estimate of drug-likeness (QED) is 0.240. The summed E-state index contributed by atoms with van der Waals surface area (Å²) in [6.45, 7) is 0. The molecule has 190 valence electrons. The molecule has 2 aromatic rings. The maximum atomic E-state index is 13.8. The fourth-order valence-electron chi connectivity index (χ4n) is 5.27. The Morgan fingerprint density at radius 1 is 1.03 bits per heavy atom. The van der Waals surface area contributed by atoms with Gasteiger partial charge in [0.05, 0.1) is 46.5 Å². The molecule has 2 aromatic carbocycles. The van der Waals surface area contributed by atoms with Crippen LogP contribution >= 0.6 is 0 Å². The number of ether oxygens (including phenoxy) is 1. The summed E-state index contributed by atoms with van der Waals surface area (Å²) in [6, 6.07) is 8.41. The Morgan fingerprint density at radius 3 is 2.37 bits per heavy atom. The van der Waals surface area contributed by atoms with Gasteiger partial charge in [-0.05, 0) is 18.2 Å². The van der Waals surface area contributed by atoms with Crippen molar-refractivity contribution in [1.82, 2.24) is 4.90 Å². The van der Waals surface area contributed by atoms with Crippen LogP contribution in [0.5, 0.6) is 5.75 Å². The summed E-state index contributed by atoms with van der Waals surface area (Å²) in [5.74, 6) is -4.43. The third kappa shape index (κ3) is 3.58. The topological polar surface area (TPSA) is 177 Å². The van der Waals surface area contributed by atoms with Crippen LogP contribution in [-0.2, 0) is 9.59 Å². The van der Waals surface area contributed by atoms with Crippen LogP contribution in [0.25, 0.3) is 0 Å². The molecule has 3 aliphatic rings. The number of allylic oxidation sites excluding steroid dienone is 2. The monoisotopic (exact) mass is 515 g/mol. The number of anilines is 1. The summed E-state index contributed by atoms with van der Waals surface area (Å²) >= 11 is 0. The van der Waals surface area contributed by atoms with E-state index in [2.05, 4.69) is 0 Å². The summed E-state index contributed by atoms with van der Waals surface area (Å²) in [7, 11) is 1.28. The number of hydrogen-bond acceptors (Lipinski definition) is 10. The maximum Gasteiger partial charge on any atom is 0.271 e. The number of nitro groups is 2. The first kappa shape index (κ1) is 24.3. The Hall–Kier alpha value is -5.38. The molecule has 2 amide bonds. The van der Waals surface area contributed by atoms with Crippen LogP contribution < -0.4 is 9.64 Å². The smallest absolute Gasteiger partial charge is 0.271 e. The van der Waals surface area contributed by atoms with E-state index in [9.17, 15) is 39.9 Å². The van der Waals surface area contributed by atoms with Crippen molar-refractivity contribution in [2.45, 2.75) is 12.1 Å². The van der Waals surface area contributed by atoms with E-state index >= 15 is 0 Å². The summed E-state index contributed by atoms with van der Waals surface area (Å²) in [5.41, 5.74) is -0.648. The summed E-state index contributed by atoms with van der Waals surface area (Å²) in [6.07, 6.45) is 4.39. The molecule has 3 aliphatic heterocycles. The first-order valence-corrected chi connectivity index (χ1v) is 11.2. The second-order valence-electron chi connectivity index (χ2n) is 8.78. The average molecular weight is 515 g/mol. The summed E-state index contributed by atoms with van der Waals surface area (Å²) in [4.78, 5) is 65.0. The lowest BCUT2D eigenvalue weighted by Crippen LogP contribution is -2.46. The van der Waals surface area contributed by atoms with Gasteiger partial charge in [-0.15, -0.1) is 0 Å². The number of ketones is 1. The molecule has 2 fully saturated rings. The average Bonchev–Trinajstić information content (AvgIpc) is 3.39. The lowest BCUT2D eigenvalue weighted by molar-refractivity contribution is -0.385. The molecule has 4 atom stereocenters. The van der Waals surface area contributed by atoms with Gasteiger partial charge in [-0.2, -0.15) is 5.26 Å². The summed E-state index contributed by atoms with van der Waals surface area (Å²) < 4.78 is 5.26. The van der Waals surface area contributed by atoms with Crippen LogP contribution in [0.4, 0.5) is 17.1 Å². The molecule has 0 bridgehead atoms. The number of imide groups is 1. The Kier molecular flexibility index (Phi) is 5.71. The van der Waals surface area contributed by atoms with Crippen molar-refractivity contribution in [3.63, 3.8) is 0 Å². The zero-order valence-corrected chi connectivity index (χ0v) is 19.6. The van der Waals surface area contributed by atoms with Crippen molar-refractivity contribution in [3.05, 3.63) is 92.2 Å². The van der Waals surface area contributed by atoms with Crippen LogP contribution in [-0.4, -0.2) is 51.5 Å². The van der Waals surface area contributed by atoms with Gasteiger partial charge in [-0.1, -0.05) is 12.1 Å². The number of nitro benzene ring substituents is 2. The predicted molar refractivity (Wildman–Crippen MR) is 129 cm³/mol. The van der Waals surface area contributed by atoms with Crippen LogP contribution in [0.3, 0.4) is 0 Å². The molecule has 13 heteroatoms. The second kappa shape index (κ2) is 8.93. The predicted octanol–water partition coefficient (Wildman–Crippen LogP) is 2.53. The third-order valence-corrected chi connectivity index (χ3v) is 6.90. The van der Waals surface area contributed by atoms with Crippen LogP contribution in [0.2, 0.25) is 0 Å². The highest BCUT2D eigenvalue weighted by Crippen LogP contribution is 2.48. The van der Waals surface area contributed by atoms with Gasteiger partial charge >= 0.3 is 0 Å². The standard InChI is InChI=1S/C25H17N5O8/c1-38-19-6-5-16(30(36)37)11-17(19)28-24(32)20-18-9-13(12-26)7-8-27(18)22(21(20)25(28)33)23(31)14-3-2-4-15(10-14)29(34)35/h2-11,18,20-22H,1H3. The van der Waals surface area contributed by atoms with Crippen LogP contribution in [0.1, 0.15) is 10.4 Å². The van der Waals surface area contributed by atoms with Gasteiger partial charge < -0.3 is 9.64 Å². The number of rotatable bonds is 6. The highest BCUT2D eigenvalue weighted by molar-refractivity contribution is 6.25. The van der Waals surface area contributed by atoms with Crippen molar-refractivity contribution < 1.29 is 29.0 Å². The van der Waals surface area contributed by atoms with E-state index in [1.165, 1.54) is 60.7 Å².